The highest BCUT2D eigenvalue weighted by Crippen LogP contribution is 2.36. The minimum Gasteiger partial charge on any atom is -0.458 e. The standard InChI is InChI=1S/C26H39NO6S/c1-14-8-7-9-19-21(32-19)11-20(15(2)10-18-13-34-17(4)27-18)33-23(29)12-22(28)26(5,6)25(31)16(3)24(14)30/h10,13-14,16,19-22,24,28,30H,7-9,11-12H2,1-6H3/b15-10+/t14-,16+,19+,20-,21-,22+,24-/m0/s1. The van der Waals surface area contributed by atoms with Crippen LogP contribution in [0, 0.1) is 24.2 Å². The smallest absolute Gasteiger partial charge is 0.309 e. The molecule has 8 heteroatoms. The summed E-state index contributed by atoms with van der Waals surface area (Å²) in [5, 5.41) is 24.5. The zero-order valence-electron chi connectivity index (χ0n) is 21.1. The second-order valence-electron chi connectivity index (χ2n) is 10.6. The van der Waals surface area contributed by atoms with Crippen molar-refractivity contribution < 1.29 is 29.3 Å². The Kier molecular flexibility index (Phi) is 8.71. The molecule has 3 heterocycles. The zero-order valence-corrected chi connectivity index (χ0v) is 21.9. The molecule has 2 aliphatic rings. The van der Waals surface area contributed by atoms with E-state index >= 15 is 0 Å². The Morgan fingerprint density at radius 3 is 2.56 bits per heavy atom. The largest absolute Gasteiger partial charge is 0.458 e. The number of aromatic nitrogens is 1. The van der Waals surface area contributed by atoms with Crippen molar-refractivity contribution in [1.29, 1.82) is 0 Å². The Morgan fingerprint density at radius 1 is 1.21 bits per heavy atom. The summed E-state index contributed by atoms with van der Waals surface area (Å²) in [7, 11) is 0. The van der Waals surface area contributed by atoms with Gasteiger partial charge in [0.25, 0.3) is 0 Å². The van der Waals surface area contributed by atoms with Crippen LogP contribution in [0.2, 0.25) is 0 Å². The Labute approximate surface area is 206 Å². The van der Waals surface area contributed by atoms with Gasteiger partial charge in [0.2, 0.25) is 0 Å². The number of epoxide rings is 1. The normalized spacial score (nSPS) is 36.0. The summed E-state index contributed by atoms with van der Waals surface area (Å²) in [6.07, 6.45) is 2.28. The summed E-state index contributed by atoms with van der Waals surface area (Å²) in [6, 6.07) is 0. The van der Waals surface area contributed by atoms with E-state index in [-0.39, 0.29) is 30.3 Å². The van der Waals surface area contributed by atoms with Crippen molar-refractivity contribution in [3.8, 4) is 0 Å². The van der Waals surface area contributed by atoms with Crippen LogP contribution in [0.1, 0.15) is 77.4 Å². The van der Waals surface area contributed by atoms with Gasteiger partial charge in [0.15, 0.2) is 0 Å². The third-order valence-corrected chi connectivity index (χ3v) is 8.20. The number of esters is 1. The maximum Gasteiger partial charge on any atom is 0.309 e. The molecule has 2 N–H and O–H groups in total. The van der Waals surface area contributed by atoms with Gasteiger partial charge in [0, 0.05) is 17.7 Å². The fourth-order valence-corrected chi connectivity index (χ4v) is 5.35. The summed E-state index contributed by atoms with van der Waals surface area (Å²) < 4.78 is 11.7. The average molecular weight is 494 g/mol. The number of hydrogen-bond donors (Lipinski definition) is 2. The third kappa shape index (κ3) is 6.53. The van der Waals surface area contributed by atoms with E-state index < -0.39 is 35.6 Å². The molecule has 1 aromatic rings. The number of ether oxygens (including phenoxy) is 2. The van der Waals surface area contributed by atoms with Crippen LogP contribution < -0.4 is 0 Å². The lowest BCUT2D eigenvalue weighted by Crippen LogP contribution is -2.45. The molecule has 0 radical (unpaired) electrons. The van der Waals surface area contributed by atoms with Gasteiger partial charge in [-0.2, -0.15) is 0 Å². The van der Waals surface area contributed by atoms with E-state index in [0.717, 1.165) is 35.5 Å². The van der Waals surface area contributed by atoms with Gasteiger partial charge < -0.3 is 19.7 Å². The van der Waals surface area contributed by atoms with Crippen molar-refractivity contribution in [3.63, 3.8) is 0 Å². The lowest BCUT2D eigenvalue weighted by molar-refractivity contribution is -0.154. The maximum atomic E-state index is 13.2. The Hall–Kier alpha value is -1.61. The molecule has 0 aliphatic carbocycles. The van der Waals surface area contributed by atoms with E-state index in [1.54, 1.807) is 32.1 Å². The number of nitrogens with zero attached hydrogens (tertiary/aromatic N) is 1. The summed E-state index contributed by atoms with van der Waals surface area (Å²) >= 11 is 1.56. The number of hydrogen-bond acceptors (Lipinski definition) is 8. The van der Waals surface area contributed by atoms with E-state index in [4.69, 9.17) is 9.47 Å². The fraction of sp³-hybridized carbons (Fsp3) is 0.731. The number of aliphatic hydroxyl groups is 2. The number of carbonyl (C=O) groups excluding carboxylic acids is 2. The number of carbonyl (C=O) groups is 2. The van der Waals surface area contributed by atoms with E-state index in [0.29, 0.717) is 6.42 Å². The molecule has 7 nitrogen and oxygen atoms in total. The van der Waals surface area contributed by atoms with Crippen LogP contribution in [0.5, 0.6) is 0 Å². The monoisotopic (exact) mass is 493 g/mol. The molecular weight excluding hydrogens is 454 g/mol. The van der Waals surface area contributed by atoms with Crippen LogP contribution in [0.3, 0.4) is 0 Å². The van der Waals surface area contributed by atoms with Crippen molar-refractivity contribution in [1.82, 2.24) is 4.98 Å². The number of aliphatic hydroxyl groups excluding tert-OH is 2. The Morgan fingerprint density at radius 2 is 1.91 bits per heavy atom. The molecule has 0 amide bonds. The molecule has 0 bridgehead atoms. The summed E-state index contributed by atoms with van der Waals surface area (Å²) in [5.74, 6) is -1.52. The first-order valence-electron chi connectivity index (χ1n) is 12.3. The second kappa shape index (κ2) is 11.0. The van der Waals surface area contributed by atoms with Crippen molar-refractivity contribution >= 4 is 29.2 Å². The number of ketones is 1. The molecular formula is C26H39NO6S. The van der Waals surface area contributed by atoms with Gasteiger partial charge in [-0.25, -0.2) is 4.98 Å². The average Bonchev–Trinajstić information content (AvgIpc) is 3.38. The highest BCUT2D eigenvalue weighted by Gasteiger charge is 2.44. The van der Waals surface area contributed by atoms with Crippen LogP contribution in [0.25, 0.3) is 6.08 Å². The molecule has 1 aromatic heterocycles. The highest BCUT2D eigenvalue weighted by molar-refractivity contribution is 7.09. The molecule has 0 saturated carbocycles. The molecule has 7 atom stereocenters. The third-order valence-electron chi connectivity index (χ3n) is 7.41. The summed E-state index contributed by atoms with van der Waals surface area (Å²) in [6.45, 7) is 10.8. The van der Waals surface area contributed by atoms with Crippen LogP contribution in [0.15, 0.2) is 11.0 Å². The fourth-order valence-electron chi connectivity index (χ4n) is 4.78. The number of aryl methyl sites for hydroxylation is 1. The van der Waals surface area contributed by atoms with Crippen molar-refractivity contribution in [2.45, 2.75) is 104 Å². The SMILES string of the molecule is C/C(=C\c1csc(C)n1)[C@@H]1C[C@@H]2O[C@@H]2CCC[C@H](C)[C@H](O)[C@@H](C)C(=O)C(C)(C)[C@H](O)CC(=O)O1. The molecule has 2 fully saturated rings. The highest BCUT2D eigenvalue weighted by atomic mass is 32.1. The minimum absolute atomic E-state index is 0.00770. The molecule has 2 aliphatic heterocycles. The number of rotatable bonds is 2. The number of fused-ring (bicyclic) bond motifs is 1. The van der Waals surface area contributed by atoms with Gasteiger partial charge in [-0.05, 0) is 44.3 Å². The second-order valence-corrected chi connectivity index (χ2v) is 11.7. The van der Waals surface area contributed by atoms with Gasteiger partial charge >= 0.3 is 5.97 Å². The van der Waals surface area contributed by atoms with E-state index in [1.807, 2.05) is 32.2 Å². The predicted molar refractivity (Wildman–Crippen MR) is 131 cm³/mol. The lowest BCUT2D eigenvalue weighted by Gasteiger charge is -2.34. The Balaban J connectivity index is 1.81. The maximum absolute atomic E-state index is 13.2. The molecule has 190 valence electrons. The van der Waals surface area contributed by atoms with Gasteiger partial charge in [0.1, 0.15) is 11.9 Å². The van der Waals surface area contributed by atoms with Crippen LogP contribution in [-0.2, 0) is 19.1 Å². The summed E-state index contributed by atoms with van der Waals surface area (Å²) in [5.41, 5.74) is 0.494. The summed E-state index contributed by atoms with van der Waals surface area (Å²) in [4.78, 5) is 30.5. The number of thiazole rings is 1. The quantitative estimate of drug-likeness (QED) is 0.472. The van der Waals surface area contributed by atoms with E-state index in [1.165, 1.54) is 0 Å². The van der Waals surface area contributed by atoms with Crippen LogP contribution >= 0.6 is 11.3 Å². The zero-order chi connectivity index (χ0) is 25.2. The van der Waals surface area contributed by atoms with Crippen molar-refractivity contribution in [2.75, 3.05) is 0 Å². The van der Waals surface area contributed by atoms with Crippen LogP contribution in [-0.4, -0.2) is 57.5 Å². The molecule has 0 spiro atoms. The van der Waals surface area contributed by atoms with Gasteiger partial charge in [-0.3, -0.25) is 9.59 Å². The number of cyclic esters (lactones) is 1. The van der Waals surface area contributed by atoms with Gasteiger partial charge in [-0.15, -0.1) is 11.3 Å². The first-order valence-corrected chi connectivity index (χ1v) is 13.1. The molecule has 3 rings (SSSR count). The predicted octanol–water partition coefficient (Wildman–Crippen LogP) is 4.09. The molecule has 0 unspecified atom stereocenters. The molecule has 2 saturated heterocycles. The first kappa shape index (κ1) is 27.0. The van der Waals surface area contributed by atoms with Crippen LogP contribution in [0.4, 0.5) is 0 Å². The van der Waals surface area contributed by atoms with Crippen molar-refractivity contribution in [2.24, 2.45) is 17.3 Å². The van der Waals surface area contributed by atoms with Crippen molar-refractivity contribution in [3.05, 3.63) is 21.7 Å². The topological polar surface area (TPSA) is 109 Å². The van der Waals surface area contributed by atoms with E-state index in [9.17, 15) is 19.8 Å². The minimum atomic E-state index is -1.22. The molecule has 0 aromatic carbocycles. The lowest BCUT2D eigenvalue weighted by atomic mass is 9.73. The van der Waals surface area contributed by atoms with Gasteiger partial charge in [-0.1, -0.05) is 34.1 Å². The first-order chi connectivity index (χ1) is 15.9. The number of Topliss-reactive ketones (excluding diaryl/α,β-unsaturated/α-hetero) is 1. The Bertz CT molecular complexity index is 909. The van der Waals surface area contributed by atoms with Gasteiger partial charge in [0.05, 0.1) is 47.0 Å². The molecule has 34 heavy (non-hydrogen) atoms. The van der Waals surface area contributed by atoms with E-state index in [2.05, 4.69) is 4.98 Å².